The van der Waals surface area contributed by atoms with Crippen LogP contribution in [0.3, 0.4) is 0 Å². The van der Waals surface area contributed by atoms with E-state index in [0.717, 1.165) is 30.8 Å². The molecule has 1 aliphatic rings. The third kappa shape index (κ3) is 4.94. The first kappa shape index (κ1) is 21.1. The largest absolute Gasteiger partial charge is 0.354 e. The number of piperidine rings is 1. The Kier molecular flexibility index (Phi) is 6.28. The number of hydrogen-bond donors (Lipinski definition) is 1. The number of imidazole rings is 1. The summed E-state index contributed by atoms with van der Waals surface area (Å²) < 4.78 is 0. The van der Waals surface area contributed by atoms with Gasteiger partial charge < -0.3 is 9.88 Å². The highest BCUT2D eigenvalue weighted by Crippen LogP contribution is 2.29. The van der Waals surface area contributed by atoms with Crippen LogP contribution < -0.4 is 4.90 Å². The molecule has 0 bridgehead atoms. The summed E-state index contributed by atoms with van der Waals surface area (Å²) in [5, 5.41) is 0.268. The third-order valence-corrected chi connectivity index (χ3v) is 6.37. The minimum absolute atomic E-state index is 0.223. The van der Waals surface area contributed by atoms with E-state index in [1.165, 1.54) is 43.2 Å². The zero-order valence-corrected chi connectivity index (χ0v) is 19.0. The normalized spacial score (nSPS) is 17.6. The van der Waals surface area contributed by atoms with E-state index in [1.54, 1.807) is 6.33 Å². The van der Waals surface area contributed by atoms with Crippen LogP contribution in [-0.4, -0.2) is 33.0 Å². The number of nitrogens with zero attached hydrogens (tertiary/aromatic N) is 4. The molecule has 3 aromatic rings. The molecule has 0 aliphatic carbocycles. The second-order valence-corrected chi connectivity index (χ2v) is 9.90. The van der Waals surface area contributed by atoms with Gasteiger partial charge in [-0.1, -0.05) is 51.5 Å². The Hall–Kier alpha value is -2.14. The van der Waals surface area contributed by atoms with Gasteiger partial charge in [0, 0.05) is 13.1 Å². The highest BCUT2D eigenvalue weighted by Gasteiger charge is 2.23. The summed E-state index contributed by atoms with van der Waals surface area (Å²) in [6.45, 7) is 8.84. The summed E-state index contributed by atoms with van der Waals surface area (Å²) in [7, 11) is 0. The number of rotatable bonds is 6. The number of fused-ring (bicyclic) bond motifs is 1. The minimum Gasteiger partial charge on any atom is -0.354 e. The first-order valence-corrected chi connectivity index (χ1v) is 11.5. The molecule has 1 N–H and O–H groups in total. The van der Waals surface area contributed by atoms with E-state index in [2.05, 4.69) is 69.9 Å². The Morgan fingerprint density at radius 3 is 2.70 bits per heavy atom. The average molecular weight is 426 g/mol. The van der Waals surface area contributed by atoms with Gasteiger partial charge in [0.05, 0.1) is 6.33 Å². The Bertz CT molecular complexity index is 973. The highest BCUT2D eigenvalue weighted by molar-refractivity contribution is 6.28. The maximum atomic E-state index is 6.13. The van der Waals surface area contributed by atoms with Gasteiger partial charge in [0.15, 0.2) is 11.5 Å². The van der Waals surface area contributed by atoms with Gasteiger partial charge in [-0.15, -0.1) is 0 Å². The second-order valence-electron chi connectivity index (χ2n) is 9.56. The third-order valence-electron chi connectivity index (χ3n) is 6.21. The van der Waals surface area contributed by atoms with Crippen LogP contribution >= 0.6 is 11.6 Å². The van der Waals surface area contributed by atoms with Gasteiger partial charge in [-0.3, -0.25) is 0 Å². The SMILES string of the molecule is CC(C)(C)c1ccc(CCCCC2CCCN(c3nc(Cl)nc4nc[nH]c34)C2)cc1. The molecular formula is C24H32ClN5. The first-order valence-electron chi connectivity index (χ1n) is 11.1. The Morgan fingerprint density at radius 1 is 1.13 bits per heavy atom. The van der Waals surface area contributed by atoms with Crippen molar-refractivity contribution < 1.29 is 0 Å². The highest BCUT2D eigenvalue weighted by atomic mass is 35.5. The number of aromatic nitrogens is 4. The van der Waals surface area contributed by atoms with Crippen LogP contribution in [0.5, 0.6) is 0 Å². The summed E-state index contributed by atoms with van der Waals surface area (Å²) in [6, 6.07) is 9.18. The lowest BCUT2D eigenvalue weighted by Gasteiger charge is -2.33. The molecule has 1 fully saturated rings. The van der Waals surface area contributed by atoms with Crippen LogP contribution in [0.25, 0.3) is 11.2 Å². The monoisotopic (exact) mass is 425 g/mol. The van der Waals surface area contributed by atoms with E-state index in [-0.39, 0.29) is 10.7 Å². The summed E-state index contributed by atoms with van der Waals surface area (Å²) in [5.41, 5.74) is 4.61. The Labute approximate surface area is 184 Å². The number of hydrogen-bond acceptors (Lipinski definition) is 4. The van der Waals surface area contributed by atoms with E-state index in [0.29, 0.717) is 11.6 Å². The van der Waals surface area contributed by atoms with E-state index in [1.807, 2.05) is 0 Å². The van der Waals surface area contributed by atoms with E-state index < -0.39 is 0 Å². The molecule has 2 aromatic heterocycles. The second kappa shape index (κ2) is 8.93. The molecule has 0 radical (unpaired) electrons. The van der Waals surface area contributed by atoms with Crippen LogP contribution in [0.1, 0.15) is 64.0 Å². The molecule has 1 saturated heterocycles. The van der Waals surface area contributed by atoms with Gasteiger partial charge in [0.1, 0.15) is 5.52 Å². The number of H-pyrrole nitrogens is 1. The number of aromatic amines is 1. The van der Waals surface area contributed by atoms with Crippen LogP contribution in [0.4, 0.5) is 5.82 Å². The van der Waals surface area contributed by atoms with Crippen molar-refractivity contribution in [3.63, 3.8) is 0 Å². The molecule has 6 heteroatoms. The number of anilines is 1. The Balaban J connectivity index is 1.29. The quantitative estimate of drug-likeness (QED) is 0.392. The topological polar surface area (TPSA) is 57.7 Å². The van der Waals surface area contributed by atoms with Crippen LogP contribution in [-0.2, 0) is 11.8 Å². The fourth-order valence-corrected chi connectivity index (χ4v) is 4.61. The van der Waals surface area contributed by atoms with Gasteiger partial charge in [-0.05, 0) is 66.2 Å². The zero-order chi connectivity index (χ0) is 21.1. The van der Waals surface area contributed by atoms with Crippen LogP contribution in [0, 0.1) is 5.92 Å². The van der Waals surface area contributed by atoms with Crippen molar-refractivity contribution in [2.24, 2.45) is 5.92 Å². The van der Waals surface area contributed by atoms with Gasteiger partial charge in [0.2, 0.25) is 5.28 Å². The molecule has 1 atom stereocenters. The molecule has 1 unspecified atom stereocenters. The van der Waals surface area contributed by atoms with Crippen molar-refractivity contribution >= 4 is 28.6 Å². The van der Waals surface area contributed by atoms with Crippen molar-refractivity contribution in [3.05, 3.63) is 47.0 Å². The molecule has 5 nitrogen and oxygen atoms in total. The van der Waals surface area contributed by atoms with E-state index in [9.17, 15) is 0 Å². The first-order chi connectivity index (χ1) is 14.4. The summed E-state index contributed by atoms with van der Waals surface area (Å²) in [4.78, 5) is 18.5. The van der Waals surface area contributed by atoms with Crippen molar-refractivity contribution in [2.45, 2.75) is 64.7 Å². The predicted octanol–water partition coefficient (Wildman–Crippen LogP) is 5.93. The molecule has 0 spiro atoms. The summed E-state index contributed by atoms with van der Waals surface area (Å²) in [5.74, 6) is 1.60. The van der Waals surface area contributed by atoms with Crippen LogP contribution in [0.15, 0.2) is 30.6 Å². The molecule has 160 valence electrons. The van der Waals surface area contributed by atoms with Crippen molar-refractivity contribution in [2.75, 3.05) is 18.0 Å². The minimum atomic E-state index is 0.223. The molecule has 3 heterocycles. The van der Waals surface area contributed by atoms with Gasteiger partial charge in [-0.25, -0.2) is 4.98 Å². The van der Waals surface area contributed by atoms with Gasteiger partial charge in [-0.2, -0.15) is 9.97 Å². The molecule has 0 saturated carbocycles. The lowest BCUT2D eigenvalue weighted by atomic mass is 9.86. The molecule has 1 aliphatic heterocycles. The van der Waals surface area contributed by atoms with Gasteiger partial charge in [0.25, 0.3) is 0 Å². The lowest BCUT2D eigenvalue weighted by Crippen LogP contribution is -2.36. The fourth-order valence-electron chi connectivity index (χ4n) is 4.45. The summed E-state index contributed by atoms with van der Waals surface area (Å²) in [6.07, 6.45) is 9.09. The van der Waals surface area contributed by atoms with Gasteiger partial charge >= 0.3 is 0 Å². The molecule has 30 heavy (non-hydrogen) atoms. The van der Waals surface area contributed by atoms with E-state index >= 15 is 0 Å². The molecular weight excluding hydrogens is 394 g/mol. The van der Waals surface area contributed by atoms with E-state index in [4.69, 9.17) is 11.6 Å². The zero-order valence-electron chi connectivity index (χ0n) is 18.3. The van der Waals surface area contributed by atoms with Crippen LogP contribution in [0.2, 0.25) is 5.28 Å². The standard InChI is InChI=1S/C24H32ClN5/c1-24(2,3)19-12-10-17(11-13-19)7-4-5-8-18-9-6-14-30(15-18)22-20-21(27-16-26-20)28-23(25)29-22/h10-13,16,18H,4-9,14-15H2,1-3H3,(H,26,27,28,29). The molecule has 4 rings (SSSR count). The summed E-state index contributed by atoms with van der Waals surface area (Å²) >= 11 is 6.13. The maximum Gasteiger partial charge on any atom is 0.226 e. The average Bonchev–Trinajstić information content (AvgIpc) is 3.19. The maximum absolute atomic E-state index is 6.13. The van der Waals surface area contributed by atoms with Crippen molar-refractivity contribution in [3.8, 4) is 0 Å². The number of halogens is 1. The smallest absolute Gasteiger partial charge is 0.226 e. The number of nitrogens with one attached hydrogen (secondary N) is 1. The van der Waals surface area contributed by atoms with Crippen molar-refractivity contribution in [1.82, 2.24) is 19.9 Å². The number of unbranched alkanes of at least 4 members (excludes halogenated alkanes) is 1. The fraction of sp³-hybridized carbons (Fsp3) is 0.542. The molecule has 0 amide bonds. The molecule has 1 aromatic carbocycles. The predicted molar refractivity (Wildman–Crippen MR) is 124 cm³/mol. The number of benzene rings is 1. The van der Waals surface area contributed by atoms with Crippen molar-refractivity contribution in [1.29, 1.82) is 0 Å². The number of aryl methyl sites for hydroxylation is 1. The Morgan fingerprint density at radius 2 is 1.93 bits per heavy atom. The lowest BCUT2D eigenvalue weighted by molar-refractivity contribution is 0.377.